The zero-order chi connectivity index (χ0) is 17.3. The molecular formula is C13H15F3N2O4S. The Kier molecular flexibility index (Phi) is 4.97. The van der Waals surface area contributed by atoms with Crippen molar-refractivity contribution >= 4 is 16.0 Å². The number of carboxylic acid groups (broad SMARTS) is 1. The summed E-state index contributed by atoms with van der Waals surface area (Å²) in [6.45, 7) is 0.337. The quantitative estimate of drug-likeness (QED) is 0.753. The zero-order valence-corrected chi connectivity index (χ0v) is 12.6. The van der Waals surface area contributed by atoms with Gasteiger partial charge in [-0.05, 0) is 18.6 Å². The fourth-order valence-electron chi connectivity index (χ4n) is 2.44. The Morgan fingerprint density at radius 2 is 1.91 bits per heavy atom. The number of aliphatic carboxylic acids is 1. The highest BCUT2D eigenvalue weighted by Gasteiger charge is 2.38. The highest BCUT2D eigenvalue weighted by atomic mass is 32.2. The highest BCUT2D eigenvalue weighted by molar-refractivity contribution is 7.89. The molecule has 1 fully saturated rings. The molecule has 2 rings (SSSR count). The monoisotopic (exact) mass is 352 g/mol. The average molecular weight is 352 g/mol. The van der Waals surface area contributed by atoms with Crippen molar-refractivity contribution in [2.75, 3.05) is 13.1 Å². The van der Waals surface area contributed by atoms with E-state index in [0.29, 0.717) is 6.07 Å². The van der Waals surface area contributed by atoms with Crippen molar-refractivity contribution in [1.82, 2.24) is 10.0 Å². The van der Waals surface area contributed by atoms with Gasteiger partial charge in [0.1, 0.15) is 0 Å². The highest BCUT2D eigenvalue weighted by Crippen LogP contribution is 2.34. The van der Waals surface area contributed by atoms with Crippen molar-refractivity contribution in [3.05, 3.63) is 29.8 Å². The van der Waals surface area contributed by atoms with Crippen LogP contribution in [-0.4, -0.2) is 38.6 Å². The summed E-state index contributed by atoms with van der Waals surface area (Å²) in [7, 11) is -4.43. The summed E-state index contributed by atoms with van der Waals surface area (Å²) in [5.41, 5.74) is -1.26. The first-order valence-electron chi connectivity index (χ1n) is 6.73. The van der Waals surface area contributed by atoms with Gasteiger partial charge in [-0.15, -0.1) is 0 Å². The number of halogens is 3. The summed E-state index contributed by atoms with van der Waals surface area (Å²) in [5.74, 6) is -1.88. The summed E-state index contributed by atoms with van der Waals surface area (Å²) >= 11 is 0. The number of piperidine rings is 1. The van der Waals surface area contributed by atoms with Crippen LogP contribution in [0.5, 0.6) is 0 Å². The summed E-state index contributed by atoms with van der Waals surface area (Å²) in [4.78, 5) is 10.1. The fourth-order valence-corrected chi connectivity index (χ4v) is 3.91. The maximum Gasteiger partial charge on any atom is 0.417 e. The van der Waals surface area contributed by atoms with E-state index in [1.165, 1.54) is 6.07 Å². The lowest BCUT2D eigenvalue weighted by atomic mass is 9.97. The van der Waals surface area contributed by atoms with Crippen LogP contribution in [0.15, 0.2) is 29.2 Å². The Hall–Kier alpha value is -1.65. The number of carbonyl (C=O) groups is 1. The number of carboxylic acids is 1. The van der Waals surface area contributed by atoms with Gasteiger partial charge in [-0.1, -0.05) is 12.1 Å². The van der Waals surface area contributed by atoms with Gasteiger partial charge >= 0.3 is 12.1 Å². The van der Waals surface area contributed by atoms with Gasteiger partial charge in [0.25, 0.3) is 0 Å². The number of alkyl halides is 3. The Bertz CT molecular complexity index is 691. The lowest BCUT2D eigenvalue weighted by Gasteiger charge is -2.28. The van der Waals surface area contributed by atoms with Crippen LogP contribution in [0.1, 0.15) is 12.0 Å². The van der Waals surface area contributed by atoms with Crippen molar-refractivity contribution in [3.63, 3.8) is 0 Å². The molecule has 0 bridgehead atoms. The Morgan fingerprint density at radius 1 is 1.26 bits per heavy atom. The van der Waals surface area contributed by atoms with Crippen LogP contribution in [0.3, 0.4) is 0 Å². The van der Waals surface area contributed by atoms with Crippen LogP contribution >= 0.6 is 0 Å². The van der Waals surface area contributed by atoms with Gasteiger partial charge < -0.3 is 10.4 Å². The lowest BCUT2D eigenvalue weighted by molar-refractivity contribution is -0.142. The Balaban J connectivity index is 2.25. The molecule has 3 N–H and O–H groups in total. The molecule has 1 aliphatic heterocycles. The van der Waals surface area contributed by atoms with Crippen LogP contribution in [0.25, 0.3) is 0 Å². The predicted octanol–water partition coefficient (Wildman–Crippen LogP) is 1.05. The molecule has 1 saturated heterocycles. The largest absolute Gasteiger partial charge is 0.481 e. The van der Waals surface area contributed by atoms with E-state index in [0.717, 1.165) is 12.1 Å². The van der Waals surface area contributed by atoms with Crippen LogP contribution in [-0.2, 0) is 21.0 Å². The van der Waals surface area contributed by atoms with E-state index < -0.39 is 44.6 Å². The maximum absolute atomic E-state index is 12.9. The standard InChI is InChI=1S/C13H15F3N2O4S/c14-13(15,16)10-3-1-2-4-11(10)23(21,22)18-9-5-8(12(19)20)6-17-7-9/h1-4,8-9,17-18H,5-7H2,(H,19,20)/t8-,9+/m0/s1. The van der Waals surface area contributed by atoms with E-state index in [4.69, 9.17) is 5.11 Å². The normalized spacial score (nSPS) is 22.7. The molecule has 6 nitrogen and oxygen atoms in total. The molecule has 1 heterocycles. The van der Waals surface area contributed by atoms with E-state index in [9.17, 15) is 26.4 Å². The third-order valence-electron chi connectivity index (χ3n) is 3.50. The van der Waals surface area contributed by atoms with Crippen molar-refractivity contribution in [2.24, 2.45) is 5.92 Å². The molecule has 2 atom stereocenters. The third kappa shape index (κ3) is 4.21. The molecule has 0 spiro atoms. The second-order valence-corrected chi connectivity index (χ2v) is 6.92. The molecule has 10 heteroatoms. The van der Waals surface area contributed by atoms with E-state index in [-0.39, 0.29) is 19.5 Å². The first-order chi connectivity index (χ1) is 10.6. The van der Waals surface area contributed by atoms with Crippen molar-refractivity contribution in [3.8, 4) is 0 Å². The summed E-state index contributed by atoms with van der Waals surface area (Å²) in [5, 5.41) is 11.7. The maximum atomic E-state index is 12.9. The molecule has 0 saturated carbocycles. The fraction of sp³-hybridized carbons (Fsp3) is 0.462. The molecule has 0 aromatic heterocycles. The summed E-state index contributed by atoms with van der Waals surface area (Å²) < 4.78 is 65.5. The Labute approximate surface area is 130 Å². The SMILES string of the molecule is O=C(O)[C@@H]1CNC[C@H](NS(=O)(=O)c2ccccc2C(F)(F)F)C1. The molecule has 128 valence electrons. The first kappa shape index (κ1) is 17.7. The zero-order valence-electron chi connectivity index (χ0n) is 11.8. The molecule has 0 aliphatic carbocycles. The van der Waals surface area contributed by atoms with Crippen molar-refractivity contribution in [1.29, 1.82) is 0 Å². The number of sulfonamides is 1. The van der Waals surface area contributed by atoms with E-state index >= 15 is 0 Å². The van der Waals surface area contributed by atoms with Crippen LogP contribution in [0.4, 0.5) is 13.2 Å². The molecular weight excluding hydrogens is 337 g/mol. The number of nitrogens with one attached hydrogen (secondary N) is 2. The molecule has 1 aromatic carbocycles. The van der Waals surface area contributed by atoms with Crippen molar-refractivity contribution in [2.45, 2.75) is 23.5 Å². The van der Waals surface area contributed by atoms with Gasteiger partial charge in [-0.2, -0.15) is 13.2 Å². The number of hydrogen-bond donors (Lipinski definition) is 3. The van der Waals surface area contributed by atoms with E-state index in [2.05, 4.69) is 10.0 Å². The molecule has 0 radical (unpaired) electrons. The first-order valence-corrected chi connectivity index (χ1v) is 8.21. The topological polar surface area (TPSA) is 95.5 Å². The second-order valence-electron chi connectivity index (χ2n) is 5.24. The van der Waals surface area contributed by atoms with Gasteiger partial charge in [0, 0.05) is 19.1 Å². The number of rotatable bonds is 4. The van der Waals surface area contributed by atoms with Gasteiger partial charge in [-0.25, -0.2) is 13.1 Å². The van der Waals surface area contributed by atoms with Crippen LogP contribution in [0.2, 0.25) is 0 Å². The average Bonchev–Trinajstić information content (AvgIpc) is 2.46. The molecule has 1 aromatic rings. The molecule has 0 unspecified atom stereocenters. The van der Waals surface area contributed by atoms with Gasteiger partial charge in [0.2, 0.25) is 10.0 Å². The number of hydrogen-bond acceptors (Lipinski definition) is 4. The van der Waals surface area contributed by atoms with Crippen LogP contribution < -0.4 is 10.0 Å². The predicted molar refractivity (Wildman–Crippen MR) is 74.2 cm³/mol. The van der Waals surface area contributed by atoms with E-state index in [1.807, 2.05) is 0 Å². The molecule has 1 aliphatic rings. The van der Waals surface area contributed by atoms with E-state index in [1.54, 1.807) is 0 Å². The minimum absolute atomic E-state index is 0.00967. The van der Waals surface area contributed by atoms with Gasteiger partial charge in [0.15, 0.2) is 0 Å². The number of benzene rings is 1. The minimum atomic E-state index is -4.81. The molecule has 23 heavy (non-hydrogen) atoms. The molecule has 0 amide bonds. The minimum Gasteiger partial charge on any atom is -0.481 e. The van der Waals surface area contributed by atoms with Crippen LogP contribution in [0, 0.1) is 5.92 Å². The third-order valence-corrected chi connectivity index (χ3v) is 5.08. The van der Waals surface area contributed by atoms with Gasteiger partial charge in [0.05, 0.1) is 16.4 Å². The summed E-state index contributed by atoms with van der Waals surface area (Å²) in [6, 6.07) is 3.06. The summed E-state index contributed by atoms with van der Waals surface area (Å²) in [6.07, 6.45) is -4.80. The smallest absolute Gasteiger partial charge is 0.417 e. The van der Waals surface area contributed by atoms with Crippen molar-refractivity contribution < 1.29 is 31.5 Å². The lowest BCUT2D eigenvalue weighted by Crippen LogP contribution is -2.50. The van der Waals surface area contributed by atoms with Gasteiger partial charge in [-0.3, -0.25) is 4.79 Å². The Morgan fingerprint density at radius 3 is 2.52 bits per heavy atom. The second kappa shape index (κ2) is 6.46.